The van der Waals surface area contributed by atoms with Gasteiger partial charge < -0.3 is 20.6 Å². The molecule has 25 heavy (non-hydrogen) atoms. The number of benzene rings is 1. The fourth-order valence-electron chi connectivity index (χ4n) is 3.55. The van der Waals surface area contributed by atoms with Crippen molar-refractivity contribution in [2.24, 2.45) is 11.8 Å². The van der Waals surface area contributed by atoms with Gasteiger partial charge in [0.2, 0.25) is 5.91 Å². The number of carboxylic acid groups (broad SMARTS) is 1. The fourth-order valence-corrected chi connectivity index (χ4v) is 3.55. The molecule has 0 aromatic heterocycles. The van der Waals surface area contributed by atoms with Crippen LogP contribution in [0.5, 0.6) is 0 Å². The highest BCUT2D eigenvalue weighted by atomic mass is 16.4. The second kappa shape index (κ2) is 7.13. The van der Waals surface area contributed by atoms with Crippen LogP contribution >= 0.6 is 0 Å². The molecule has 0 radical (unpaired) electrons. The van der Waals surface area contributed by atoms with E-state index in [4.69, 9.17) is 0 Å². The van der Waals surface area contributed by atoms with E-state index in [-0.39, 0.29) is 24.4 Å². The van der Waals surface area contributed by atoms with Crippen LogP contribution in [0.15, 0.2) is 18.2 Å². The van der Waals surface area contributed by atoms with Crippen LogP contribution in [0.3, 0.4) is 0 Å². The number of carbonyl (C=O) groups excluding carboxylic acids is 2. The molecule has 3 amide bonds. The number of amides is 3. The lowest BCUT2D eigenvalue weighted by atomic mass is 9.91. The Morgan fingerprint density at radius 1 is 1.28 bits per heavy atom. The molecule has 1 saturated heterocycles. The number of aryl methyl sites for hydroxylation is 1. The fraction of sp³-hybridized carbons (Fsp3) is 0.500. The lowest BCUT2D eigenvalue weighted by Crippen LogP contribution is -2.47. The van der Waals surface area contributed by atoms with Gasteiger partial charge >= 0.3 is 12.0 Å². The minimum atomic E-state index is -0.856. The first-order chi connectivity index (χ1) is 11.9. The summed E-state index contributed by atoms with van der Waals surface area (Å²) < 4.78 is 0. The van der Waals surface area contributed by atoms with Gasteiger partial charge in [-0.2, -0.15) is 0 Å². The quantitative estimate of drug-likeness (QED) is 0.767. The van der Waals surface area contributed by atoms with Crippen molar-refractivity contribution in [3.63, 3.8) is 0 Å². The van der Waals surface area contributed by atoms with Gasteiger partial charge in [0.15, 0.2) is 0 Å². The number of anilines is 2. The smallest absolute Gasteiger partial charge is 0.321 e. The van der Waals surface area contributed by atoms with Crippen molar-refractivity contribution >= 4 is 29.3 Å². The molecule has 3 rings (SSSR count). The molecule has 0 spiro atoms. The van der Waals surface area contributed by atoms with Gasteiger partial charge in [-0.1, -0.05) is 6.92 Å². The third-order valence-electron chi connectivity index (χ3n) is 4.78. The maximum atomic E-state index is 12.5. The van der Waals surface area contributed by atoms with Crippen molar-refractivity contribution in [1.82, 2.24) is 4.90 Å². The Morgan fingerprint density at radius 2 is 2.08 bits per heavy atom. The van der Waals surface area contributed by atoms with Gasteiger partial charge in [-0.15, -0.1) is 0 Å². The van der Waals surface area contributed by atoms with Gasteiger partial charge in [0.05, 0.1) is 5.92 Å². The van der Waals surface area contributed by atoms with E-state index in [0.29, 0.717) is 25.1 Å². The Bertz CT molecular complexity index is 704. The normalized spacial score (nSPS) is 23.2. The van der Waals surface area contributed by atoms with E-state index in [1.54, 1.807) is 17.0 Å². The first kappa shape index (κ1) is 17.3. The van der Waals surface area contributed by atoms with Crippen LogP contribution in [-0.4, -0.2) is 41.0 Å². The zero-order valence-corrected chi connectivity index (χ0v) is 14.2. The van der Waals surface area contributed by atoms with E-state index in [1.807, 2.05) is 13.0 Å². The van der Waals surface area contributed by atoms with Crippen LogP contribution in [0.2, 0.25) is 0 Å². The summed E-state index contributed by atoms with van der Waals surface area (Å²) in [4.78, 5) is 36.9. The molecular weight excluding hydrogens is 322 g/mol. The molecule has 2 aliphatic heterocycles. The Labute approximate surface area is 146 Å². The number of fused-ring (bicyclic) bond motifs is 1. The molecule has 1 fully saturated rings. The number of hydrogen-bond acceptors (Lipinski definition) is 3. The van der Waals surface area contributed by atoms with Crippen molar-refractivity contribution in [3.8, 4) is 0 Å². The number of urea groups is 1. The highest BCUT2D eigenvalue weighted by Crippen LogP contribution is 2.26. The van der Waals surface area contributed by atoms with E-state index in [1.165, 1.54) is 0 Å². The molecular formula is C18H23N3O4. The van der Waals surface area contributed by atoms with Crippen LogP contribution in [0.25, 0.3) is 0 Å². The van der Waals surface area contributed by atoms with Crippen LogP contribution in [0, 0.1) is 11.8 Å². The number of nitrogens with zero attached hydrogens (tertiary/aromatic N) is 1. The summed E-state index contributed by atoms with van der Waals surface area (Å²) in [6, 6.07) is 5.15. The Kier molecular flexibility index (Phi) is 4.92. The van der Waals surface area contributed by atoms with E-state index < -0.39 is 11.9 Å². The summed E-state index contributed by atoms with van der Waals surface area (Å²) in [5.74, 6) is -1.21. The SMILES string of the molecule is CC1CC(C(=O)O)CN(C(=O)Nc2ccc3c(c2)CCCC(=O)N3)C1. The number of piperidine rings is 1. The third-order valence-corrected chi connectivity index (χ3v) is 4.78. The monoisotopic (exact) mass is 345 g/mol. The summed E-state index contributed by atoms with van der Waals surface area (Å²) >= 11 is 0. The first-order valence-corrected chi connectivity index (χ1v) is 8.64. The van der Waals surface area contributed by atoms with Gasteiger partial charge in [0.1, 0.15) is 0 Å². The van der Waals surface area contributed by atoms with Crippen LogP contribution < -0.4 is 10.6 Å². The Balaban J connectivity index is 1.69. The maximum Gasteiger partial charge on any atom is 0.321 e. The summed E-state index contributed by atoms with van der Waals surface area (Å²) in [5, 5.41) is 15.0. The molecule has 2 aliphatic rings. The Hall–Kier alpha value is -2.57. The van der Waals surface area contributed by atoms with E-state index in [0.717, 1.165) is 24.1 Å². The number of hydrogen-bond donors (Lipinski definition) is 3. The average molecular weight is 345 g/mol. The van der Waals surface area contributed by atoms with E-state index in [2.05, 4.69) is 10.6 Å². The second-order valence-corrected chi connectivity index (χ2v) is 6.98. The predicted octanol–water partition coefficient (Wildman–Crippen LogP) is 2.54. The Morgan fingerprint density at radius 3 is 2.84 bits per heavy atom. The molecule has 1 aromatic rings. The lowest BCUT2D eigenvalue weighted by molar-refractivity contribution is -0.143. The largest absolute Gasteiger partial charge is 0.481 e. The van der Waals surface area contributed by atoms with Crippen LogP contribution in [-0.2, 0) is 16.0 Å². The van der Waals surface area contributed by atoms with Crippen molar-refractivity contribution in [2.75, 3.05) is 23.7 Å². The zero-order valence-electron chi connectivity index (χ0n) is 14.2. The van der Waals surface area contributed by atoms with Gasteiger partial charge in [0, 0.05) is 30.9 Å². The molecule has 134 valence electrons. The molecule has 7 heteroatoms. The molecule has 0 aliphatic carbocycles. The number of carboxylic acids is 1. The highest BCUT2D eigenvalue weighted by Gasteiger charge is 2.32. The van der Waals surface area contributed by atoms with Crippen molar-refractivity contribution < 1.29 is 19.5 Å². The van der Waals surface area contributed by atoms with Gasteiger partial charge in [-0.25, -0.2) is 4.79 Å². The van der Waals surface area contributed by atoms with Crippen LogP contribution in [0.4, 0.5) is 16.2 Å². The maximum absolute atomic E-state index is 12.5. The zero-order chi connectivity index (χ0) is 18.0. The summed E-state index contributed by atoms with van der Waals surface area (Å²) in [6.45, 7) is 2.74. The highest BCUT2D eigenvalue weighted by molar-refractivity contribution is 5.94. The molecule has 2 atom stereocenters. The molecule has 2 heterocycles. The van der Waals surface area contributed by atoms with E-state index >= 15 is 0 Å². The molecule has 2 unspecified atom stereocenters. The third kappa shape index (κ3) is 4.10. The predicted molar refractivity (Wildman–Crippen MR) is 93.5 cm³/mol. The molecule has 0 saturated carbocycles. The standard InChI is InChI=1S/C18H23N3O4/c1-11-7-13(17(23)24)10-21(9-11)18(25)19-14-5-6-15-12(8-14)3-2-4-16(22)20-15/h5-6,8,11,13H,2-4,7,9-10H2,1H3,(H,19,25)(H,20,22)(H,23,24). The first-order valence-electron chi connectivity index (χ1n) is 8.64. The van der Waals surface area contributed by atoms with E-state index in [9.17, 15) is 19.5 Å². The van der Waals surface area contributed by atoms with Crippen molar-refractivity contribution in [3.05, 3.63) is 23.8 Å². The number of nitrogens with one attached hydrogen (secondary N) is 2. The molecule has 1 aromatic carbocycles. The topological polar surface area (TPSA) is 98.7 Å². The molecule has 0 bridgehead atoms. The van der Waals surface area contributed by atoms with Gasteiger partial charge in [-0.3, -0.25) is 9.59 Å². The molecule has 3 N–H and O–H groups in total. The molecule has 7 nitrogen and oxygen atoms in total. The average Bonchev–Trinajstić information content (AvgIpc) is 2.74. The summed E-state index contributed by atoms with van der Waals surface area (Å²) in [6.07, 6.45) is 2.65. The number of aliphatic carboxylic acids is 1. The van der Waals surface area contributed by atoms with Crippen molar-refractivity contribution in [2.45, 2.75) is 32.6 Å². The number of carbonyl (C=O) groups is 3. The minimum absolute atomic E-state index is 0.0116. The number of rotatable bonds is 2. The van der Waals surface area contributed by atoms with Gasteiger partial charge in [-0.05, 0) is 48.9 Å². The summed E-state index contributed by atoms with van der Waals surface area (Å²) in [7, 11) is 0. The van der Waals surface area contributed by atoms with Crippen molar-refractivity contribution in [1.29, 1.82) is 0 Å². The second-order valence-electron chi connectivity index (χ2n) is 6.98. The lowest BCUT2D eigenvalue weighted by Gasteiger charge is -2.34. The summed E-state index contributed by atoms with van der Waals surface area (Å²) in [5.41, 5.74) is 2.45. The minimum Gasteiger partial charge on any atom is -0.481 e. The number of likely N-dealkylation sites (tertiary alicyclic amines) is 1. The van der Waals surface area contributed by atoms with Gasteiger partial charge in [0.25, 0.3) is 0 Å². The van der Waals surface area contributed by atoms with Crippen LogP contribution in [0.1, 0.15) is 31.7 Å².